The highest BCUT2D eigenvalue weighted by molar-refractivity contribution is 5.95. The fraction of sp³-hybridized carbons (Fsp3) is 0.364. The molecule has 3 aromatic rings. The average Bonchev–Trinajstić information content (AvgIpc) is 2.56. The summed E-state index contributed by atoms with van der Waals surface area (Å²) in [4.78, 5) is 9.45. The van der Waals surface area contributed by atoms with Gasteiger partial charge in [0.2, 0.25) is 0 Å². The molecule has 1 unspecified atom stereocenters. The molecule has 0 radical (unpaired) electrons. The standard InChI is InChI=1S/C22H27N3/c1-7-14(3)21-19-12-17(6)24-22(18(19)8-9-23-21)25-20-15(4)10-13(2)11-16(20)5/h8-12,14H,7H2,1-6H3,(H,24,25). The van der Waals surface area contributed by atoms with Crippen LogP contribution in [0.15, 0.2) is 30.5 Å². The maximum atomic E-state index is 4.79. The van der Waals surface area contributed by atoms with Gasteiger partial charge in [-0.05, 0) is 63.3 Å². The Labute approximate surface area is 150 Å². The number of aromatic nitrogens is 2. The third-order valence-electron chi connectivity index (χ3n) is 4.92. The second-order valence-electron chi connectivity index (χ2n) is 7.11. The summed E-state index contributed by atoms with van der Waals surface area (Å²) in [5.41, 5.74) is 7.08. The van der Waals surface area contributed by atoms with Crippen molar-refractivity contribution >= 4 is 22.3 Å². The van der Waals surface area contributed by atoms with E-state index in [1.54, 1.807) is 0 Å². The van der Waals surface area contributed by atoms with Crippen molar-refractivity contribution in [2.45, 2.75) is 53.9 Å². The first-order valence-corrected chi connectivity index (χ1v) is 9.01. The van der Waals surface area contributed by atoms with Crippen LogP contribution in [0.3, 0.4) is 0 Å². The highest BCUT2D eigenvalue weighted by Gasteiger charge is 2.14. The zero-order valence-electron chi connectivity index (χ0n) is 16.1. The molecule has 3 nitrogen and oxygen atoms in total. The number of anilines is 2. The first-order valence-electron chi connectivity index (χ1n) is 9.01. The number of rotatable bonds is 4. The second kappa shape index (κ2) is 6.83. The van der Waals surface area contributed by atoms with E-state index in [1.165, 1.54) is 22.1 Å². The van der Waals surface area contributed by atoms with Gasteiger partial charge < -0.3 is 5.32 Å². The highest BCUT2D eigenvalue weighted by Crippen LogP contribution is 2.33. The van der Waals surface area contributed by atoms with E-state index in [9.17, 15) is 0 Å². The van der Waals surface area contributed by atoms with Crippen LogP contribution in [0.4, 0.5) is 11.5 Å². The molecular formula is C22H27N3. The molecule has 1 N–H and O–H groups in total. The number of nitrogens with one attached hydrogen (secondary N) is 1. The fourth-order valence-corrected chi connectivity index (χ4v) is 3.50. The van der Waals surface area contributed by atoms with Crippen molar-refractivity contribution in [1.29, 1.82) is 0 Å². The molecule has 0 saturated heterocycles. The van der Waals surface area contributed by atoms with Crippen molar-refractivity contribution in [3.05, 3.63) is 58.5 Å². The molecule has 130 valence electrons. The lowest BCUT2D eigenvalue weighted by atomic mass is 9.98. The first-order chi connectivity index (χ1) is 11.9. The number of nitrogens with zero attached hydrogens (tertiary/aromatic N) is 2. The van der Waals surface area contributed by atoms with Gasteiger partial charge >= 0.3 is 0 Å². The quantitative estimate of drug-likeness (QED) is 0.625. The zero-order valence-corrected chi connectivity index (χ0v) is 16.1. The molecule has 0 amide bonds. The minimum absolute atomic E-state index is 0.432. The van der Waals surface area contributed by atoms with E-state index < -0.39 is 0 Å². The summed E-state index contributed by atoms with van der Waals surface area (Å²) < 4.78 is 0. The van der Waals surface area contributed by atoms with Gasteiger partial charge in [-0.25, -0.2) is 4.98 Å². The predicted octanol–water partition coefficient (Wildman–Crippen LogP) is 6.12. The number of hydrogen-bond acceptors (Lipinski definition) is 3. The molecule has 1 aromatic carbocycles. The lowest BCUT2D eigenvalue weighted by Crippen LogP contribution is -2.03. The molecule has 0 saturated carbocycles. The monoisotopic (exact) mass is 333 g/mol. The van der Waals surface area contributed by atoms with Crippen LogP contribution in [0.25, 0.3) is 10.8 Å². The Kier molecular flexibility index (Phi) is 4.76. The van der Waals surface area contributed by atoms with Crippen LogP contribution in [-0.2, 0) is 0 Å². The van der Waals surface area contributed by atoms with Crippen LogP contribution in [0.2, 0.25) is 0 Å². The van der Waals surface area contributed by atoms with Gasteiger partial charge in [-0.2, -0.15) is 0 Å². The zero-order chi connectivity index (χ0) is 18.1. The maximum absolute atomic E-state index is 4.79. The molecule has 0 fully saturated rings. The van der Waals surface area contributed by atoms with E-state index in [2.05, 4.69) is 69.2 Å². The summed E-state index contributed by atoms with van der Waals surface area (Å²) in [7, 11) is 0. The van der Waals surface area contributed by atoms with Gasteiger partial charge in [0.25, 0.3) is 0 Å². The maximum Gasteiger partial charge on any atom is 0.138 e. The Morgan fingerprint density at radius 1 is 1.00 bits per heavy atom. The van der Waals surface area contributed by atoms with E-state index >= 15 is 0 Å². The first kappa shape index (κ1) is 17.4. The molecule has 0 aliphatic rings. The van der Waals surface area contributed by atoms with Crippen molar-refractivity contribution < 1.29 is 0 Å². The van der Waals surface area contributed by atoms with Crippen LogP contribution < -0.4 is 5.32 Å². The van der Waals surface area contributed by atoms with E-state index in [0.717, 1.165) is 34.7 Å². The van der Waals surface area contributed by atoms with Gasteiger partial charge in [0.05, 0.1) is 5.69 Å². The van der Waals surface area contributed by atoms with Crippen LogP contribution in [0.1, 0.15) is 54.3 Å². The summed E-state index contributed by atoms with van der Waals surface area (Å²) in [6.45, 7) is 12.9. The summed E-state index contributed by atoms with van der Waals surface area (Å²) >= 11 is 0. The van der Waals surface area contributed by atoms with Gasteiger partial charge in [-0.3, -0.25) is 4.98 Å². The van der Waals surface area contributed by atoms with Crippen molar-refractivity contribution in [2.24, 2.45) is 0 Å². The Bertz CT molecular complexity index is 905. The highest BCUT2D eigenvalue weighted by atomic mass is 15.0. The Morgan fingerprint density at radius 2 is 1.68 bits per heavy atom. The predicted molar refractivity (Wildman–Crippen MR) is 107 cm³/mol. The minimum atomic E-state index is 0.432. The van der Waals surface area contributed by atoms with Gasteiger partial charge in [0.15, 0.2) is 0 Å². The van der Waals surface area contributed by atoms with Crippen LogP contribution in [-0.4, -0.2) is 9.97 Å². The number of aryl methyl sites for hydroxylation is 4. The van der Waals surface area contributed by atoms with Crippen LogP contribution in [0.5, 0.6) is 0 Å². The smallest absolute Gasteiger partial charge is 0.138 e. The molecule has 1 atom stereocenters. The molecule has 2 aromatic heterocycles. The largest absolute Gasteiger partial charge is 0.339 e. The number of fused-ring (bicyclic) bond motifs is 1. The molecule has 0 bridgehead atoms. The van der Waals surface area contributed by atoms with Crippen LogP contribution >= 0.6 is 0 Å². The Morgan fingerprint density at radius 3 is 2.32 bits per heavy atom. The molecule has 25 heavy (non-hydrogen) atoms. The molecule has 3 heteroatoms. The van der Waals surface area contributed by atoms with Gasteiger partial charge in [-0.1, -0.05) is 31.5 Å². The van der Waals surface area contributed by atoms with Crippen molar-refractivity contribution in [1.82, 2.24) is 9.97 Å². The second-order valence-corrected chi connectivity index (χ2v) is 7.11. The number of hydrogen-bond donors (Lipinski definition) is 1. The van der Waals surface area contributed by atoms with E-state index in [1.807, 2.05) is 13.1 Å². The molecule has 0 spiro atoms. The average molecular weight is 333 g/mol. The van der Waals surface area contributed by atoms with E-state index in [4.69, 9.17) is 4.98 Å². The van der Waals surface area contributed by atoms with Crippen molar-refractivity contribution in [3.63, 3.8) is 0 Å². The van der Waals surface area contributed by atoms with Gasteiger partial charge in [-0.15, -0.1) is 0 Å². The third kappa shape index (κ3) is 3.37. The summed E-state index contributed by atoms with van der Waals surface area (Å²) in [5, 5.41) is 5.93. The fourth-order valence-electron chi connectivity index (χ4n) is 3.50. The lowest BCUT2D eigenvalue weighted by Gasteiger charge is -2.17. The topological polar surface area (TPSA) is 37.8 Å². The summed E-state index contributed by atoms with van der Waals surface area (Å²) in [6, 6.07) is 8.64. The van der Waals surface area contributed by atoms with Crippen molar-refractivity contribution in [2.75, 3.05) is 5.32 Å². The third-order valence-corrected chi connectivity index (χ3v) is 4.92. The number of pyridine rings is 2. The molecule has 0 aliphatic carbocycles. The van der Waals surface area contributed by atoms with E-state index in [-0.39, 0.29) is 0 Å². The van der Waals surface area contributed by atoms with Crippen LogP contribution in [0, 0.1) is 27.7 Å². The normalized spacial score (nSPS) is 12.4. The van der Waals surface area contributed by atoms with Crippen molar-refractivity contribution in [3.8, 4) is 0 Å². The SMILES string of the molecule is CCC(C)c1nccc2c(Nc3c(C)cc(C)cc3C)nc(C)cc12. The molecule has 0 aliphatic heterocycles. The van der Waals surface area contributed by atoms with Gasteiger partial charge in [0, 0.05) is 28.4 Å². The summed E-state index contributed by atoms with van der Waals surface area (Å²) in [6.07, 6.45) is 2.98. The van der Waals surface area contributed by atoms with Gasteiger partial charge in [0.1, 0.15) is 5.82 Å². The Balaban J connectivity index is 2.18. The minimum Gasteiger partial charge on any atom is -0.339 e. The number of benzene rings is 1. The molecule has 3 rings (SSSR count). The van der Waals surface area contributed by atoms with E-state index in [0.29, 0.717) is 5.92 Å². The lowest BCUT2D eigenvalue weighted by molar-refractivity contribution is 0.715. The molecule has 2 heterocycles. The summed E-state index contributed by atoms with van der Waals surface area (Å²) in [5.74, 6) is 1.35. The Hall–Kier alpha value is -2.42. The molecular weight excluding hydrogens is 306 g/mol.